The Labute approximate surface area is 159 Å². The van der Waals surface area contributed by atoms with Gasteiger partial charge in [0.05, 0.1) is 19.6 Å². The van der Waals surface area contributed by atoms with Gasteiger partial charge in [0.2, 0.25) is 0 Å². The van der Waals surface area contributed by atoms with Crippen LogP contribution in [0.4, 0.5) is 0 Å². The van der Waals surface area contributed by atoms with E-state index >= 15 is 0 Å². The molecule has 5 heteroatoms. The predicted octanol–water partition coefficient (Wildman–Crippen LogP) is 3.73. The van der Waals surface area contributed by atoms with Gasteiger partial charge in [-0.15, -0.1) is 0 Å². The van der Waals surface area contributed by atoms with Gasteiger partial charge in [-0.1, -0.05) is 25.7 Å². The van der Waals surface area contributed by atoms with E-state index in [4.69, 9.17) is 9.47 Å². The van der Waals surface area contributed by atoms with E-state index < -0.39 is 17.3 Å². The van der Waals surface area contributed by atoms with Gasteiger partial charge in [0.1, 0.15) is 17.2 Å². The van der Waals surface area contributed by atoms with Gasteiger partial charge < -0.3 is 14.6 Å². The molecule has 0 radical (unpaired) electrons. The summed E-state index contributed by atoms with van der Waals surface area (Å²) in [6, 6.07) is 2.98. The molecule has 0 amide bonds. The lowest BCUT2D eigenvalue weighted by Gasteiger charge is -2.47. The number of fused-ring (bicyclic) bond motifs is 1. The average Bonchev–Trinajstić information content (AvgIpc) is 2.65. The molecule has 0 spiro atoms. The van der Waals surface area contributed by atoms with Crippen LogP contribution in [-0.4, -0.2) is 30.9 Å². The van der Waals surface area contributed by atoms with Gasteiger partial charge in [-0.2, -0.15) is 0 Å². The first kappa shape index (κ1) is 19.0. The Morgan fingerprint density at radius 3 is 2.33 bits per heavy atom. The molecular weight excluding hydrogens is 344 g/mol. The van der Waals surface area contributed by atoms with Crippen LogP contribution in [0.5, 0.6) is 17.2 Å². The quantitative estimate of drug-likeness (QED) is 0.877. The van der Waals surface area contributed by atoms with Gasteiger partial charge in [0.15, 0.2) is 11.6 Å². The number of aromatic hydroxyl groups is 1. The van der Waals surface area contributed by atoms with Crippen LogP contribution in [-0.2, 0) is 9.59 Å². The first-order valence-corrected chi connectivity index (χ1v) is 8.83. The SMILES string of the molecule is C=CC1=CCC2C(=O)C(C)=CC(=O)C2(C)C1c1c(OC)cc(O)cc1OC. The number of methoxy groups -OCH3 is 2. The van der Waals surface area contributed by atoms with Crippen LogP contribution in [0.25, 0.3) is 0 Å². The van der Waals surface area contributed by atoms with E-state index in [9.17, 15) is 14.7 Å². The average molecular weight is 368 g/mol. The van der Waals surface area contributed by atoms with Crippen molar-refractivity contribution in [3.05, 3.63) is 53.6 Å². The van der Waals surface area contributed by atoms with Crippen molar-refractivity contribution >= 4 is 11.6 Å². The maximum absolute atomic E-state index is 13.2. The highest BCUT2D eigenvalue weighted by atomic mass is 16.5. The zero-order chi connectivity index (χ0) is 19.9. The van der Waals surface area contributed by atoms with Gasteiger partial charge in [0.25, 0.3) is 0 Å². The first-order valence-electron chi connectivity index (χ1n) is 8.83. The van der Waals surface area contributed by atoms with Crippen LogP contribution < -0.4 is 9.47 Å². The Kier molecular flexibility index (Phi) is 4.72. The highest BCUT2D eigenvalue weighted by molar-refractivity contribution is 6.13. The lowest BCUT2D eigenvalue weighted by atomic mass is 9.53. The van der Waals surface area contributed by atoms with Crippen LogP contribution in [0.15, 0.2) is 48.1 Å². The van der Waals surface area contributed by atoms with Crippen LogP contribution >= 0.6 is 0 Å². The Balaban J connectivity index is 2.34. The number of allylic oxidation sites excluding steroid dienone is 5. The molecule has 0 saturated heterocycles. The van der Waals surface area contributed by atoms with Crippen molar-refractivity contribution in [1.29, 1.82) is 0 Å². The highest BCUT2D eigenvalue weighted by Gasteiger charge is 2.55. The second-order valence-electron chi connectivity index (χ2n) is 7.23. The third-order valence-electron chi connectivity index (χ3n) is 5.88. The predicted molar refractivity (Wildman–Crippen MR) is 102 cm³/mol. The molecule has 5 nitrogen and oxygen atoms in total. The summed E-state index contributed by atoms with van der Waals surface area (Å²) >= 11 is 0. The van der Waals surface area contributed by atoms with E-state index in [0.29, 0.717) is 29.1 Å². The number of benzene rings is 1. The monoisotopic (exact) mass is 368 g/mol. The molecule has 3 unspecified atom stereocenters. The number of phenols is 1. The molecule has 0 fully saturated rings. The molecule has 27 heavy (non-hydrogen) atoms. The number of rotatable bonds is 4. The largest absolute Gasteiger partial charge is 0.508 e. The maximum Gasteiger partial charge on any atom is 0.163 e. The molecule has 2 aliphatic rings. The summed E-state index contributed by atoms with van der Waals surface area (Å²) in [6.07, 6.45) is 5.59. The minimum atomic E-state index is -0.994. The Hall–Kier alpha value is -2.82. The van der Waals surface area contributed by atoms with E-state index in [-0.39, 0.29) is 17.3 Å². The van der Waals surface area contributed by atoms with Crippen molar-refractivity contribution in [2.24, 2.45) is 11.3 Å². The maximum atomic E-state index is 13.2. The number of hydrogen-bond donors (Lipinski definition) is 1. The normalized spacial score (nSPS) is 27.4. The van der Waals surface area contributed by atoms with Crippen LogP contribution in [0.2, 0.25) is 0 Å². The third kappa shape index (κ3) is 2.69. The van der Waals surface area contributed by atoms with Gasteiger partial charge in [-0.3, -0.25) is 9.59 Å². The standard InChI is InChI=1S/C22H24O5/c1-6-13-7-8-15-21(25)12(2)9-18(24)22(15,3)20(13)19-16(26-4)10-14(23)11-17(19)27-5/h6-7,9-11,15,20,23H,1,8H2,2-5H3. The summed E-state index contributed by atoms with van der Waals surface area (Å²) in [5.74, 6) is -0.267. The zero-order valence-electron chi connectivity index (χ0n) is 16.0. The molecule has 3 atom stereocenters. The zero-order valence-corrected chi connectivity index (χ0v) is 16.0. The molecule has 0 aromatic heterocycles. The Morgan fingerprint density at radius 1 is 1.22 bits per heavy atom. The number of Topliss-reactive ketones (excluding diaryl/α,β-unsaturated/α-hetero) is 1. The van der Waals surface area contributed by atoms with Crippen LogP contribution in [0.3, 0.4) is 0 Å². The number of phenolic OH excluding ortho intramolecular Hbond substituents is 1. The van der Waals surface area contributed by atoms with Crippen LogP contribution in [0, 0.1) is 11.3 Å². The summed E-state index contributed by atoms with van der Waals surface area (Å²) in [4.78, 5) is 26.1. The minimum Gasteiger partial charge on any atom is -0.508 e. The molecule has 1 aromatic rings. The second kappa shape index (κ2) is 6.72. The number of ketones is 2. The lowest BCUT2D eigenvalue weighted by molar-refractivity contribution is -0.137. The number of carbonyl (C=O) groups is 2. The van der Waals surface area contributed by atoms with E-state index in [1.807, 2.05) is 13.0 Å². The van der Waals surface area contributed by atoms with Gasteiger partial charge in [-0.05, 0) is 30.6 Å². The van der Waals surface area contributed by atoms with E-state index in [1.54, 1.807) is 13.0 Å². The topological polar surface area (TPSA) is 72.8 Å². The summed E-state index contributed by atoms with van der Waals surface area (Å²) in [7, 11) is 2.99. The van der Waals surface area contributed by atoms with E-state index in [1.165, 1.54) is 32.4 Å². The summed E-state index contributed by atoms with van der Waals surface area (Å²) in [6.45, 7) is 7.42. The summed E-state index contributed by atoms with van der Waals surface area (Å²) < 4.78 is 11.0. The minimum absolute atomic E-state index is 0.00381. The molecule has 142 valence electrons. The molecule has 0 bridgehead atoms. The third-order valence-corrected chi connectivity index (χ3v) is 5.88. The fourth-order valence-corrected chi connectivity index (χ4v) is 4.43. The van der Waals surface area contributed by atoms with Gasteiger partial charge in [-0.25, -0.2) is 0 Å². The fourth-order valence-electron chi connectivity index (χ4n) is 4.43. The number of hydrogen-bond acceptors (Lipinski definition) is 5. The highest BCUT2D eigenvalue weighted by Crippen LogP contribution is 2.58. The molecule has 3 rings (SSSR count). The second-order valence-corrected chi connectivity index (χ2v) is 7.23. The van der Waals surface area contributed by atoms with Crippen molar-refractivity contribution < 1.29 is 24.2 Å². The van der Waals surface area contributed by atoms with Gasteiger partial charge >= 0.3 is 0 Å². The number of ether oxygens (including phenoxy) is 2. The fraction of sp³-hybridized carbons (Fsp3) is 0.364. The lowest BCUT2D eigenvalue weighted by Crippen LogP contribution is -2.49. The Bertz CT molecular complexity index is 867. The molecule has 0 aliphatic heterocycles. The van der Waals surface area contributed by atoms with Crippen molar-refractivity contribution in [2.75, 3.05) is 14.2 Å². The van der Waals surface area contributed by atoms with E-state index in [0.717, 1.165) is 5.57 Å². The number of carbonyl (C=O) groups excluding carboxylic acids is 2. The van der Waals surface area contributed by atoms with Crippen molar-refractivity contribution in [3.8, 4) is 17.2 Å². The molecular formula is C22H24O5. The van der Waals surface area contributed by atoms with Crippen molar-refractivity contribution in [2.45, 2.75) is 26.2 Å². The molecule has 0 saturated carbocycles. The smallest absolute Gasteiger partial charge is 0.163 e. The first-order chi connectivity index (χ1) is 12.8. The van der Waals surface area contributed by atoms with Crippen molar-refractivity contribution in [1.82, 2.24) is 0 Å². The van der Waals surface area contributed by atoms with Gasteiger partial charge in [0, 0.05) is 29.5 Å². The summed E-state index contributed by atoms with van der Waals surface area (Å²) in [5, 5.41) is 10.0. The molecule has 1 aromatic carbocycles. The van der Waals surface area contributed by atoms with E-state index in [2.05, 4.69) is 6.58 Å². The molecule has 1 N–H and O–H groups in total. The Morgan fingerprint density at radius 2 is 1.81 bits per heavy atom. The summed E-state index contributed by atoms with van der Waals surface area (Å²) in [5.41, 5.74) is 0.962. The van der Waals surface area contributed by atoms with Crippen LogP contribution in [0.1, 0.15) is 31.7 Å². The molecule has 0 heterocycles. The van der Waals surface area contributed by atoms with Crippen molar-refractivity contribution in [3.63, 3.8) is 0 Å². The molecule has 2 aliphatic carbocycles.